The molecule has 4 rings (SSSR count). The fraction of sp³-hybridized carbons (Fsp3) is 0.381. The molecule has 0 radical (unpaired) electrons. The minimum Gasteiger partial charge on any atom is -0.488 e. The van der Waals surface area contributed by atoms with E-state index >= 15 is 0 Å². The van der Waals surface area contributed by atoms with Gasteiger partial charge in [-0.15, -0.1) is 0 Å². The molecule has 0 bridgehead atoms. The zero-order valence-corrected chi connectivity index (χ0v) is 16.8. The van der Waals surface area contributed by atoms with Crippen molar-refractivity contribution in [1.29, 1.82) is 0 Å². The topological polar surface area (TPSA) is 66.0 Å². The summed E-state index contributed by atoms with van der Waals surface area (Å²) >= 11 is 5.92. The van der Waals surface area contributed by atoms with Gasteiger partial charge in [-0.05, 0) is 49.2 Å². The van der Waals surface area contributed by atoms with Crippen LogP contribution in [0.25, 0.3) is 0 Å². The molecule has 2 aromatic rings. The first-order valence-corrected chi connectivity index (χ1v) is 10.1. The number of carbonyl (C=O) groups excluding carboxylic acids is 2. The number of likely N-dealkylation sites (tertiary alicyclic amines) is 1. The Morgan fingerprint density at radius 1 is 1.10 bits per heavy atom. The first-order valence-electron chi connectivity index (χ1n) is 9.76. The summed E-state index contributed by atoms with van der Waals surface area (Å²) in [7, 11) is 0. The number of urea groups is 1. The predicted octanol–water partition coefficient (Wildman–Crippen LogP) is 3.05. The van der Waals surface area contributed by atoms with Crippen LogP contribution in [0.3, 0.4) is 0 Å². The summed E-state index contributed by atoms with van der Waals surface area (Å²) in [5.41, 5.74) is 0.790. The molecule has 1 atom stereocenters. The maximum absolute atomic E-state index is 12.8. The van der Waals surface area contributed by atoms with Gasteiger partial charge in [0.1, 0.15) is 18.4 Å². The van der Waals surface area contributed by atoms with E-state index in [1.807, 2.05) is 24.3 Å². The molecule has 8 heteroatoms. The van der Waals surface area contributed by atoms with Crippen LogP contribution in [0.4, 0.5) is 10.5 Å². The molecule has 2 fully saturated rings. The zero-order chi connectivity index (χ0) is 20.2. The zero-order valence-electron chi connectivity index (χ0n) is 16.0. The maximum atomic E-state index is 12.8. The number of amides is 3. The Bertz CT molecular complexity index is 862. The van der Waals surface area contributed by atoms with Crippen molar-refractivity contribution in [3.63, 3.8) is 0 Å². The van der Waals surface area contributed by atoms with Crippen LogP contribution in [0.15, 0.2) is 48.8 Å². The standard InChI is InChI=1S/C21H23ClN4O3/c22-16-3-5-17(6-4-16)26-13-12-25(21(26)28)15-20(27)24-11-1-2-19(14-24)29-18-7-9-23-10-8-18/h3-10,19H,1-2,11-15H2. The Hall–Kier alpha value is -2.80. The fourth-order valence-corrected chi connectivity index (χ4v) is 3.85. The summed E-state index contributed by atoms with van der Waals surface area (Å²) in [6.45, 7) is 2.40. The van der Waals surface area contributed by atoms with E-state index in [1.54, 1.807) is 39.2 Å². The van der Waals surface area contributed by atoms with Crippen molar-refractivity contribution in [2.75, 3.05) is 37.6 Å². The van der Waals surface area contributed by atoms with Crippen molar-refractivity contribution in [2.45, 2.75) is 18.9 Å². The second-order valence-corrected chi connectivity index (χ2v) is 7.67. The summed E-state index contributed by atoms with van der Waals surface area (Å²) in [6.07, 6.45) is 5.11. The number of rotatable bonds is 5. The molecule has 2 aliphatic rings. The minimum absolute atomic E-state index is 0.0423. The lowest BCUT2D eigenvalue weighted by atomic mass is 10.1. The minimum atomic E-state index is -0.151. The van der Waals surface area contributed by atoms with Gasteiger partial charge in [0.15, 0.2) is 0 Å². The summed E-state index contributed by atoms with van der Waals surface area (Å²) in [5, 5.41) is 0.626. The van der Waals surface area contributed by atoms with E-state index in [1.165, 1.54) is 0 Å². The Morgan fingerprint density at radius 2 is 1.86 bits per heavy atom. The Morgan fingerprint density at radius 3 is 2.62 bits per heavy atom. The van der Waals surface area contributed by atoms with Gasteiger partial charge in [0.2, 0.25) is 5.91 Å². The second kappa shape index (κ2) is 8.69. The van der Waals surface area contributed by atoms with Crippen LogP contribution in [0, 0.1) is 0 Å². The number of anilines is 1. The second-order valence-electron chi connectivity index (χ2n) is 7.24. The average Bonchev–Trinajstić information content (AvgIpc) is 3.10. The molecule has 29 heavy (non-hydrogen) atoms. The smallest absolute Gasteiger partial charge is 0.325 e. The number of nitrogens with zero attached hydrogens (tertiary/aromatic N) is 4. The molecule has 0 spiro atoms. The molecule has 0 N–H and O–H groups in total. The maximum Gasteiger partial charge on any atom is 0.325 e. The molecule has 0 saturated carbocycles. The van der Waals surface area contributed by atoms with Crippen molar-refractivity contribution in [2.24, 2.45) is 0 Å². The molecule has 3 amide bonds. The van der Waals surface area contributed by atoms with Gasteiger partial charge in [-0.3, -0.25) is 14.7 Å². The lowest BCUT2D eigenvalue weighted by Crippen LogP contribution is -2.48. The van der Waals surface area contributed by atoms with E-state index in [0.717, 1.165) is 24.3 Å². The van der Waals surface area contributed by atoms with E-state index in [0.29, 0.717) is 31.2 Å². The summed E-state index contributed by atoms with van der Waals surface area (Å²) in [4.78, 5) is 34.6. The third-order valence-electron chi connectivity index (χ3n) is 5.24. The van der Waals surface area contributed by atoms with E-state index in [-0.39, 0.29) is 24.6 Å². The molecule has 2 saturated heterocycles. The molecule has 2 aliphatic heterocycles. The molecular weight excluding hydrogens is 392 g/mol. The van der Waals surface area contributed by atoms with E-state index < -0.39 is 0 Å². The van der Waals surface area contributed by atoms with Crippen molar-refractivity contribution in [3.05, 3.63) is 53.8 Å². The third-order valence-corrected chi connectivity index (χ3v) is 5.49. The highest BCUT2D eigenvalue weighted by molar-refractivity contribution is 6.30. The Labute approximate surface area is 174 Å². The Balaban J connectivity index is 1.33. The van der Waals surface area contributed by atoms with Gasteiger partial charge in [-0.25, -0.2) is 4.79 Å². The van der Waals surface area contributed by atoms with Crippen LogP contribution < -0.4 is 9.64 Å². The molecule has 1 unspecified atom stereocenters. The largest absolute Gasteiger partial charge is 0.488 e. The Kier molecular flexibility index (Phi) is 5.85. The van der Waals surface area contributed by atoms with Gasteiger partial charge >= 0.3 is 6.03 Å². The van der Waals surface area contributed by atoms with Crippen molar-refractivity contribution in [3.8, 4) is 5.75 Å². The van der Waals surface area contributed by atoms with E-state index in [4.69, 9.17) is 16.3 Å². The number of carbonyl (C=O) groups is 2. The van der Waals surface area contributed by atoms with Crippen LogP contribution in [0.1, 0.15) is 12.8 Å². The van der Waals surface area contributed by atoms with Crippen LogP contribution in [-0.2, 0) is 4.79 Å². The van der Waals surface area contributed by atoms with Gasteiger partial charge in [0.05, 0.1) is 6.54 Å². The normalized spacial score (nSPS) is 19.6. The molecule has 0 aliphatic carbocycles. The molecule has 7 nitrogen and oxygen atoms in total. The summed E-state index contributed by atoms with van der Waals surface area (Å²) in [6, 6.07) is 10.6. The average molecular weight is 415 g/mol. The number of aromatic nitrogens is 1. The number of halogens is 1. The molecule has 3 heterocycles. The third kappa shape index (κ3) is 4.62. The predicted molar refractivity (Wildman–Crippen MR) is 110 cm³/mol. The quantitative estimate of drug-likeness (QED) is 0.754. The molecule has 152 valence electrons. The number of ether oxygens (including phenoxy) is 1. The monoisotopic (exact) mass is 414 g/mol. The van der Waals surface area contributed by atoms with Gasteiger partial charge < -0.3 is 14.5 Å². The highest BCUT2D eigenvalue weighted by atomic mass is 35.5. The number of hydrogen-bond donors (Lipinski definition) is 0. The lowest BCUT2D eigenvalue weighted by Gasteiger charge is -2.33. The highest BCUT2D eigenvalue weighted by Gasteiger charge is 2.33. The van der Waals surface area contributed by atoms with Gasteiger partial charge in [-0.1, -0.05) is 11.6 Å². The van der Waals surface area contributed by atoms with E-state index in [2.05, 4.69) is 4.98 Å². The number of pyridine rings is 1. The number of piperidine rings is 1. The SMILES string of the molecule is O=C(CN1CCN(c2ccc(Cl)cc2)C1=O)N1CCCC(Oc2ccncc2)C1. The van der Waals surface area contributed by atoms with Crippen molar-refractivity contribution in [1.82, 2.24) is 14.8 Å². The van der Waals surface area contributed by atoms with Crippen LogP contribution in [0.5, 0.6) is 5.75 Å². The van der Waals surface area contributed by atoms with Gasteiger partial charge in [0, 0.05) is 42.7 Å². The lowest BCUT2D eigenvalue weighted by molar-refractivity contribution is -0.134. The molecular formula is C21H23ClN4O3. The number of benzene rings is 1. The first-order chi connectivity index (χ1) is 14.1. The van der Waals surface area contributed by atoms with Gasteiger partial charge in [-0.2, -0.15) is 0 Å². The molecule has 1 aromatic heterocycles. The molecule has 1 aromatic carbocycles. The summed E-state index contributed by atoms with van der Waals surface area (Å²) < 4.78 is 5.98. The van der Waals surface area contributed by atoms with Crippen molar-refractivity contribution >= 4 is 29.2 Å². The summed E-state index contributed by atoms with van der Waals surface area (Å²) in [5.74, 6) is 0.715. The highest BCUT2D eigenvalue weighted by Crippen LogP contribution is 2.23. The number of hydrogen-bond acceptors (Lipinski definition) is 4. The van der Waals surface area contributed by atoms with Crippen LogP contribution in [-0.4, -0.2) is 65.5 Å². The fourth-order valence-electron chi connectivity index (χ4n) is 3.72. The first kappa shape index (κ1) is 19.5. The van der Waals surface area contributed by atoms with Gasteiger partial charge in [0.25, 0.3) is 0 Å². The van der Waals surface area contributed by atoms with Crippen LogP contribution >= 0.6 is 11.6 Å². The van der Waals surface area contributed by atoms with E-state index in [9.17, 15) is 9.59 Å². The van der Waals surface area contributed by atoms with Crippen LogP contribution in [0.2, 0.25) is 5.02 Å². The van der Waals surface area contributed by atoms with Crippen molar-refractivity contribution < 1.29 is 14.3 Å².